The minimum Gasteiger partial charge on any atom is -0.424 e. The largest absolute Gasteiger partial charge is 0.426 e. The SMILES string of the molecule is Cc1ccc(S(=O)(=O)BOCCCN)cc1. The first-order valence-electron chi connectivity index (χ1n) is 5.13. The molecule has 4 nitrogen and oxygen atoms in total. The third-order valence-electron chi connectivity index (χ3n) is 2.11. The molecule has 0 spiro atoms. The number of aryl methyl sites for hydroxylation is 1. The molecule has 2 N–H and O–H groups in total. The van der Waals surface area contributed by atoms with Crippen molar-refractivity contribution in [2.24, 2.45) is 5.73 Å². The Morgan fingerprint density at radius 2 is 1.94 bits per heavy atom. The molecule has 0 aliphatic heterocycles. The molecule has 0 radical (unpaired) electrons. The van der Waals surface area contributed by atoms with Gasteiger partial charge in [0.1, 0.15) is 0 Å². The lowest BCUT2D eigenvalue weighted by molar-refractivity contribution is 0.338. The van der Waals surface area contributed by atoms with E-state index in [0.717, 1.165) is 5.56 Å². The number of benzene rings is 1. The minimum absolute atomic E-state index is 0.282. The van der Waals surface area contributed by atoms with E-state index in [-0.39, 0.29) is 6.76 Å². The van der Waals surface area contributed by atoms with E-state index < -0.39 is 9.69 Å². The third-order valence-corrected chi connectivity index (χ3v) is 3.58. The van der Waals surface area contributed by atoms with Gasteiger partial charge >= 0.3 is 6.76 Å². The van der Waals surface area contributed by atoms with Gasteiger partial charge in [0.2, 0.25) is 0 Å². The summed E-state index contributed by atoms with van der Waals surface area (Å²) in [6, 6.07) is 6.73. The van der Waals surface area contributed by atoms with Crippen molar-refractivity contribution in [3.63, 3.8) is 0 Å². The second-order valence-corrected chi connectivity index (χ2v) is 5.53. The van der Waals surface area contributed by atoms with Crippen molar-refractivity contribution >= 4 is 16.4 Å². The maximum absolute atomic E-state index is 11.8. The number of nitrogens with two attached hydrogens (primary N) is 1. The second kappa shape index (κ2) is 6.03. The molecule has 0 atom stereocenters. The molecule has 0 heterocycles. The zero-order valence-corrected chi connectivity index (χ0v) is 10.2. The van der Waals surface area contributed by atoms with Crippen LogP contribution in [0.3, 0.4) is 0 Å². The van der Waals surface area contributed by atoms with E-state index in [1.54, 1.807) is 24.3 Å². The molecule has 16 heavy (non-hydrogen) atoms. The predicted molar refractivity (Wildman–Crippen MR) is 65.1 cm³/mol. The Hall–Kier alpha value is -0.845. The van der Waals surface area contributed by atoms with E-state index in [9.17, 15) is 8.42 Å². The van der Waals surface area contributed by atoms with Crippen LogP contribution >= 0.6 is 0 Å². The average Bonchev–Trinajstić information content (AvgIpc) is 2.25. The van der Waals surface area contributed by atoms with Crippen molar-refractivity contribution in [1.29, 1.82) is 0 Å². The van der Waals surface area contributed by atoms with Crippen LogP contribution in [0.25, 0.3) is 0 Å². The van der Waals surface area contributed by atoms with Crippen LogP contribution < -0.4 is 5.73 Å². The zero-order chi connectivity index (χ0) is 12.0. The molecule has 0 bridgehead atoms. The molecule has 88 valence electrons. The van der Waals surface area contributed by atoms with Crippen molar-refractivity contribution in [2.75, 3.05) is 13.2 Å². The maximum Gasteiger partial charge on any atom is 0.426 e. The fourth-order valence-corrected chi connectivity index (χ4v) is 2.19. The molecule has 1 rings (SSSR count). The normalized spacial score (nSPS) is 11.4. The Kier molecular flexibility index (Phi) is 4.98. The molecule has 0 amide bonds. The maximum atomic E-state index is 11.8. The lowest BCUT2D eigenvalue weighted by atomic mass is 10.2. The van der Waals surface area contributed by atoms with Crippen LogP contribution in [-0.2, 0) is 14.3 Å². The number of hydrogen-bond acceptors (Lipinski definition) is 4. The lowest BCUT2D eigenvalue weighted by Gasteiger charge is -2.04. The molecule has 0 unspecified atom stereocenters. The van der Waals surface area contributed by atoms with Gasteiger partial charge in [0, 0.05) is 6.61 Å². The van der Waals surface area contributed by atoms with E-state index >= 15 is 0 Å². The summed E-state index contributed by atoms with van der Waals surface area (Å²) in [6.07, 6.45) is 0.670. The molecule has 0 aliphatic rings. The van der Waals surface area contributed by atoms with Gasteiger partial charge in [-0.3, -0.25) is 0 Å². The standard InChI is InChI=1S/C10H16BNO3S/c1-9-3-5-10(6-4-9)16(13,14)11-15-8-2-7-12/h3-6,11H,2,7-8,12H2,1H3. The van der Waals surface area contributed by atoms with E-state index in [4.69, 9.17) is 10.4 Å². The van der Waals surface area contributed by atoms with Crippen molar-refractivity contribution in [2.45, 2.75) is 18.2 Å². The summed E-state index contributed by atoms with van der Waals surface area (Å²) in [7, 11) is -3.32. The van der Waals surface area contributed by atoms with Crippen LogP contribution in [0.2, 0.25) is 0 Å². The number of hydrogen-bond donors (Lipinski definition) is 1. The first kappa shape index (κ1) is 13.2. The van der Waals surface area contributed by atoms with Gasteiger partial charge in [-0.1, -0.05) is 17.7 Å². The van der Waals surface area contributed by atoms with E-state index in [1.165, 1.54) is 0 Å². The topological polar surface area (TPSA) is 69.4 Å². The van der Waals surface area contributed by atoms with Gasteiger partial charge in [0.25, 0.3) is 0 Å². The van der Waals surface area contributed by atoms with E-state index in [0.29, 0.717) is 24.5 Å². The van der Waals surface area contributed by atoms with Crippen molar-refractivity contribution in [3.05, 3.63) is 29.8 Å². The van der Waals surface area contributed by atoms with Gasteiger partial charge < -0.3 is 10.4 Å². The third kappa shape index (κ3) is 3.96. The zero-order valence-electron chi connectivity index (χ0n) is 9.35. The minimum atomic E-state index is -3.32. The highest BCUT2D eigenvalue weighted by Crippen LogP contribution is 2.11. The van der Waals surface area contributed by atoms with Crippen molar-refractivity contribution in [1.82, 2.24) is 0 Å². The van der Waals surface area contributed by atoms with Crippen LogP contribution in [0.15, 0.2) is 29.2 Å². The summed E-state index contributed by atoms with van der Waals surface area (Å²) in [5.74, 6) is 0. The molecule has 6 heteroatoms. The van der Waals surface area contributed by atoms with Crippen LogP contribution in [0.4, 0.5) is 0 Å². The summed E-state index contributed by atoms with van der Waals surface area (Å²) < 4.78 is 28.6. The molecule has 0 fully saturated rings. The summed E-state index contributed by atoms with van der Waals surface area (Å²) in [4.78, 5) is 0.297. The molecule has 0 saturated carbocycles. The van der Waals surface area contributed by atoms with Crippen molar-refractivity contribution < 1.29 is 13.1 Å². The molecule has 1 aromatic carbocycles. The van der Waals surface area contributed by atoms with Gasteiger partial charge in [-0.15, -0.1) is 0 Å². The molecule has 0 saturated heterocycles. The van der Waals surface area contributed by atoms with Gasteiger partial charge in [-0.05, 0) is 32.0 Å². The van der Waals surface area contributed by atoms with Crippen LogP contribution in [0, 0.1) is 6.92 Å². The molecule has 1 aromatic rings. The van der Waals surface area contributed by atoms with Crippen LogP contribution in [0.5, 0.6) is 0 Å². The first-order valence-corrected chi connectivity index (χ1v) is 6.79. The van der Waals surface area contributed by atoms with Gasteiger partial charge in [0.05, 0.1) is 4.90 Å². The fraction of sp³-hybridized carbons (Fsp3) is 0.400. The smallest absolute Gasteiger partial charge is 0.424 e. The molecular formula is C10H16BNO3S. The fourth-order valence-electron chi connectivity index (χ4n) is 1.17. The van der Waals surface area contributed by atoms with Crippen molar-refractivity contribution in [3.8, 4) is 0 Å². The predicted octanol–water partition coefficient (Wildman–Crippen LogP) is 0.401. The molecule has 0 aliphatic carbocycles. The first-order chi connectivity index (χ1) is 7.56. The van der Waals surface area contributed by atoms with Gasteiger partial charge in [-0.25, -0.2) is 8.42 Å². The van der Waals surface area contributed by atoms with Crippen LogP contribution in [-0.4, -0.2) is 28.3 Å². The second-order valence-electron chi connectivity index (χ2n) is 3.60. The average molecular weight is 241 g/mol. The summed E-state index contributed by atoms with van der Waals surface area (Å²) in [6.45, 7) is 2.51. The Balaban J connectivity index is 2.60. The highest BCUT2D eigenvalue weighted by atomic mass is 32.2. The van der Waals surface area contributed by atoms with Crippen LogP contribution in [0.1, 0.15) is 12.0 Å². The lowest BCUT2D eigenvalue weighted by Crippen LogP contribution is -2.16. The summed E-state index contributed by atoms with van der Waals surface area (Å²) in [5.41, 5.74) is 6.31. The Morgan fingerprint density at radius 3 is 2.50 bits per heavy atom. The Bertz CT molecular complexity index is 416. The highest BCUT2D eigenvalue weighted by molar-refractivity contribution is 8.14. The Morgan fingerprint density at radius 1 is 1.31 bits per heavy atom. The molecular weight excluding hydrogens is 225 g/mol. The summed E-state index contributed by atoms with van der Waals surface area (Å²) in [5, 5.41) is 0. The van der Waals surface area contributed by atoms with E-state index in [1.807, 2.05) is 6.92 Å². The van der Waals surface area contributed by atoms with Gasteiger partial charge in [-0.2, -0.15) is 0 Å². The summed E-state index contributed by atoms with van der Waals surface area (Å²) >= 11 is 0. The molecule has 0 aromatic heterocycles. The highest BCUT2D eigenvalue weighted by Gasteiger charge is 2.16. The monoisotopic (exact) mass is 241 g/mol. The van der Waals surface area contributed by atoms with Gasteiger partial charge in [0.15, 0.2) is 9.69 Å². The Labute approximate surface area is 96.9 Å². The van der Waals surface area contributed by atoms with E-state index in [2.05, 4.69) is 0 Å². The quantitative estimate of drug-likeness (QED) is 0.578. The number of rotatable bonds is 6.